The lowest BCUT2D eigenvalue weighted by Gasteiger charge is -2.16. The molecule has 0 radical (unpaired) electrons. The number of halogens is 1. The number of ether oxygens (including phenoxy) is 1. The van der Waals surface area contributed by atoms with Crippen LogP contribution in [0.2, 0.25) is 0 Å². The van der Waals surface area contributed by atoms with Crippen LogP contribution in [0.4, 0.5) is 10.1 Å². The second-order valence-corrected chi connectivity index (χ2v) is 5.63. The predicted octanol–water partition coefficient (Wildman–Crippen LogP) is 3.82. The molecular formula is C19H23FN2O2. The Morgan fingerprint density at radius 3 is 2.58 bits per heavy atom. The van der Waals surface area contributed by atoms with E-state index in [-0.39, 0.29) is 24.3 Å². The number of benzene rings is 2. The Labute approximate surface area is 142 Å². The highest BCUT2D eigenvalue weighted by Gasteiger charge is 2.11. The maximum Gasteiger partial charge on any atom is 0.239 e. The molecule has 24 heavy (non-hydrogen) atoms. The van der Waals surface area contributed by atoms with Crippen molar-refractivity contribution in [3.8, 4) is 5.75 Å². The van der Waals surface area contributed by atoms with Gasteiger partial charge in [-0.15, -0.1) is 0 Å². The lowest BCUT2D eigenvalue weighted by molar-refractivity contribution is -0.120. The fourth-order valence-electron chi connectivity index (χ4n) is 2.35. The Balaban J connectivity index is 1.92. The summed E-state index contributed by atoms with van der Waals surface area (Å²) in [6, 6.07) is 11.7. The standard InChI is InChI=1S/C19H23FN2O2/c1-4-24-18-11-13(2)5-10-17(18)21-12-19(23)22-14(3)15-6-8-16(20)9-7-15/h5-11,14,21H,4,12H2,1-3H3,(H,22,23). The van der Waals surface area contributed by atoms with Crippen molar-refractivity contribution in [2.24, 2.45) is 0 Å². The number of carbonyl (C=O) groups is 1. The summed E-state index contributed by atoms with van der Waals surface area (Å²) in [7, 11) is 0. The highest BCUT2D eigenvalue weighted by Crippen LogP contribution is 2.25. The van der Waals surface area contributed by atoms with Crippen molar-refractivity contribution in [3.63, 3.8) is 0 Å². The molecule has 1 atom stereocenters. The number of hydrogen-bond acceptors (Lipinski definition) is 3. The molecule has 128 valence electrons. The third-order valence-corrected chi connectivity index (χ3v) is 3.62. The van der Waals surface area contributed by atoms with Crippen LogP contribution in [0, 0.1) is 12.7 Å². The second kappa shape index (κ2) is 8.34. The minimum Gasteiger partial charge on any atom is -0.492 e. The monoisotopic (exact) mass is 330 g/mol. The van der Waals surface area contributed by atoms with Gasteiger partial charge in [0.1, 0.15) is 11.6 Å². The summed E-state index contributed by atoms with van der Waals surface area (Å²) in [6.45, 7) is 6.47. The van der Waals surface area contributed by atoms with Gasteiger partial charge in [-0.1, -0.05) is 18.2 Å². The molecule has 0 saturated heterocycles. The van der Waals surface area contributed by atoms with E-state index in [4.69, 9.17) is 4.74 Å². The Morgan fingerprint density at radius 2 is 1.92 bits per heavy atom. The van der Waals surface area contributed by atoms with Crippen LogP contribution in [0.1, 0.15) is 31.0 Å². The maximum atomic E-state index is 12.9. The number of amides is 1. The summed E-state index contributed by atoms with van der Waals surface area (Å²) in [5.41, 5.74) is 2.74. The fraction of sp³-hybridized carbons (Fsp3) is 0.316. The fourth-order valence-corrected chi connectivity index (χ4v) is 2.35. The summed E-state index contributed by atoms with van der Waals surface area (Å²) in [5.74, 6) is 0.300. The van der Waals surface area contributed by atoms with E-state index in [0.717, 1.165) is 22.6 Å². The molecule has 2 aromatic carbocycles. The number of nitrogens with one attached hydrogen (secondary N) is 2. The van der Waals surface area contributed by atoms with Crippen LogP contribution in [0.15, 0.2) is 42.5 Å². The molecule has 0 aliphatic carbocycles. The lowest BCUT2D eigenvalue weighted by atomic mass is 10.1. The molecule has 0 aliphatic heterocycles. The van der Waals surface area contributed by atoms with Crippen molar-refractivity contribution in [1.29, 1.82) is 0 Å². The topological polar surface area (TPSA) is 50.4 Å². The predicted molar refractivity (Wildman–Crippen MR) is 93.8 cm³/mol. The quantitative estimate of drug-likeness (QED) is 0.811. The van der Waals surface area contributed by atoms with Crippen molar-refractivity contribution < 1.29 is 13.9 Å². The van der Waals surface area contributed by atoms with E-state index in [1.807, 2.05) is 39.0 Å². The van der Waals surface area contributed by atoms with E-state index in [1.165, 1.54) is 12.1 Å². The van der Waals surface area contributed by atoms with E-state index >= 15 is 0 Å². The summed E-state index contributed by atoms with van der Waals surface area (Å²) in [6.07, 6.45) is 0. The zero-order valence-electron chi connectivity index (χ0n) is 14.2. The Kier molecular flexibility index (Phi) is 6.18. The average Bonchev–Trinajstić information content (AvgIpc) is 2.55. The van der Waals surface area contributed by atoms with Crippen molar-refractivity contribution in [2.45, 2.75) is 26.8 Å². The molecule has 1 amide bonds. The summed E-state index contributed by atoms with van der Waals surface area (Å²) < 4.78 is 18.5. The molecule has 0 fully saturated rings. The maximum absolute atomic E-state index is 12.9. The number of aryl methyl sites for hydroxylation is 1. The summed E-state index contributed by atoms with van der Waals surface area (Å²) in [5, 5.41) is 5.98. The third kappa shape index (κ3) is 4.98. The van der Waals surface area contributed by atoms with Gasteiger partial charge in [-0.25, -0.2) is 4.39 Å². The van der Waals surface area contributed by atoms with Crippen LogP contribution >= 0.6 is 0 Å². The molecule has 4 nitrogen and oxygen atoms in total. The van der Waals surface area contributed by atoms with Crippen molar-refractivity contribution in [3.05, 3.63) is 59.4 Å². The summed E-state index contributed by atoms with van der Waals surface area (Å²) >= 11 is 0. The molecule has 0 aromatic heterocycles. The molecule has 5 heteroatoms. The molecule has 0 heterocycles. The number of hydrogen-bond donors (Lipinski definition) is 2. The molecule has 0 bridgehead atoms. The van der Waals surface area contributed by atoms with E-state index in [0.29, 0.717) is 6.61 Å². The number of anilines is 1. The first-order chi connectivity index (χ1) is 11.5. The van der Waals surface area contributed by atoms with Crippen LogP contribution < -0.4 is 15.4 Å². The van der Waals surface area contributed by atoms with Gasteiger partial charge in [0.05, 0.1) is 24.9 Å². The van der Waals surface area contributed by atoms with Crippen molar-refractivity contribution >= 4 is 11.6 Å². The average molecular weight is 330 g/mol. The van der Waals surface area contributed by atoms with Gasteiger partial charge in [-0.05, 0) is 56.2 Å². The van der Waals surface area contributed by atoms with Crippen LogP contribution in [0.5, 0.6) is 5.75 Å². The van der Waals surface area contributed by atoms with E-state index in [1.54, 1.807) is 12.1 Å². The Bertz CT molecular complexity index is 686. The molecular weight excluding hydrogens is 307 g/mol. The minimum atomic E-state index is -0.290. The van der Waals surface area contributed by atoms with Gasteiger partial charge < -0.3 is 15.4 Å². The molecule has 2 rings (SSSR count). The Morgan fingerprint density at radius 1 is 1.21 bits per heavy atom. The summed E-state index contributed by atoms with van der Waals surface area (Å²) in [4.78, 5) is 12.1. The first-order valence-electron chi connectivity index (χ1n) is 8.01. The van der Waals surface area contributed by atoms with Crippen LogP contribution in [-0.4, -0.2) is 19.1 Å². The minimum absolute atomic E-state index is 0.134. The molecule has 1 unspecified atom stereocenters. The van der Waals surface area contributed by atoms with Gasteiger partial charge in [0, 0.05) is 0 Å². The second-order valence-electron chi connectivity index (χ2n) is 5.63. The molecule has 2 aromatic rings. The van der Waals surface area contributed by atoms with E-state index < -0.39 is 0 Å². The lowest BCUT2D eigenvalue weighted by Crippen LogP contribution is -2.32. The molecule has 0 spiro atoms. The van der Waals surface area contributed by atoms with E-state index in [9.17, 15) is 9.18 Å². The van der Waals surface area contributed by atoms with Gasteiger partial charge in [-0.2, -0.15) is 0 Å². The normalized spacial score (nSPS) is 11.7. The van der Waals surface area contributed by atoms with Gasteiger partial charge in [0.15, 0.2) is 0 Å². The highest BCUT2D eigenvalue weighted by atomic mass is 19.1. The SMILES string of the molecule is CCOc1cc(C)ccc1NCC(=O)NC(C)c1ccc(F)cc1. The third-order valence-electron chi connectivity index (χ3n) is 3.62. The molecule has 0 aliphatic rings. The van der Waals surface area contributed by atoms with Gasteiger partial charge in [0.2, 0.25) is 5.91 Å². The van der Waals surface area contributed by atoms with Crippen molar-refractivity contribution in [1.82, 2.24) is 5.32 Å². The molecule has 2 N–H and O–H groups in total. The van der Waals surface area contributed by atoms with Gasteiger partial charge in [0.25, 0.3) is 0 Å². The smallest absolute Gasteiger partial charge is 0.239 e. The largest absolute Gasteiger partial charge is 0.492 e. The van der Waals surface area contributed by atoms with Crippen LogP contribution in [-0.2, 0) is 4.79 Å². The highest BCUT2D eigenvalue weighted by molar-refractivity contribution is 5.81. The number of carbonyl (C=O) groups excluding carboxylic acids is 1. The van der Waals surface area contributed by atoms with Crippen molar-refractivity contribution in [2.75, 3.05) is 18.5 Å². The van der Waals surface area contributed by atoms with Gasteiger partial charge >= 0.3 is 0 Å². The Hall–Kier alpha value is -2.56. The van der Waals surface area contributed by atoms with Crippen LogP contribution in [0.25, 0.3) is 0 Å². The first kappa shape index (κ1) is 17.8. The number of rotatable bonds is 7. The van der Waals surface area contributed by atoms with Gasteiger partial charge in [-0.3, -0.25) is 4.79 Å². The van der Waals surface area contributed by atoms with E-state index in [2.05, 4.69) is 10.6 Å². The zero-order chi connectivity index (χ0) is 17.5. The zero-order valence-corrected chi connectivity index (χ0v) is 14.2. The van der Waals surface area contributed by atoms with Crippen LogP contribution in [0.3, 0.4) is 0 Å². The molecule has 0 saturated carbocycles. The first-order valence-corrected chi connectivity index (χ1v) is 8.01.